The fourth-order valence-corrected chi connectivity index (χ4v) is 1.99. The molecule has 2 N–H and O–H groups in total. The lowest BCUT2D eigenvalue weighted by molar-refractivity contribution is -0.148. The Morgan fingerprint density at radius 2 is 1.72 bits per heavy atom. The molecule has 0 aliphatic carbocycles. The number of benzene rings is 1. The first-order valence-electron chi connectivity index (χ1n) is 6.63. The van der Waals surface area contributed by atoms with Crippen molar-refractivity contribution in [3.63, 3.8) is 0 Å². The summed E-state index contributed by atoms with van der Waals surface area (Å²) in [6.45, 7) is 9.35. The first kappa shape index (κ1) is 15.2. The lowest BCUT2D eigenvalue weighted by atomic mass is 9.99. The van der Waals surface area contributed by atoms with E-state index in [1.807, 2.05) is 13.8 Å². The van der Waals surface area contributed by atoms with Crippen molar-refractivity contribution >= 4 is 0 Å². The Balaban J connectivity index is 2.71. The summed E-state index contributed by atoms with van der Waals surface area (Å²) >= 11 is 0. The average Bonchev–Trinajstić information content (AvgIpc) is 2.33. The molecule has 0 aliphatic rings. The lowest BCUT2D eigenvalue weighted by Crippen LogP contribution is -2.40. The van der Waals surface area contributed by atoms with Gasteiger partial charge in [0, 0.05) is 13.2 Å². The molecule has 1 unspecified atom stereocenters. The van der Waals surface area contributed by atoms with Crippen molar-refractivity contribution in [2.24, 2.45) is 5.73 Å². The maximum Gasteiger partial charge on any atom is 0.172 e. The molecule has 0 amide bonds. The highest BCUT2D eigenvalue weighted by atomic mass is 16.7. The summed E-state index contributed by atoms with van der Waals surface area (Å²) in [4.78, 5) is 0. The molecule has 1 aromatic rings. The summed E-state index contributed by atoms with van der Waals surface area (Å²) in [6.07, 6.45) is 0.456. The Kier molecular flexibility index (Phi) is 6.33. The van der Waals surface area contributed by atoms with Gasteiger partial charge in [-0.3, -0.25) is 0 Å². The molecule has 0 aromatic heterocycles. The number of nitrogens with two attached hydrogens (primary N) is 1. The largest absolute Gasteiger partial charge is 0.351 e. The van der Waals surface area contributed by atoms with Crippen molar-refractivity contribution in [1.82, 2.24) is 0 Å². The number of rotatable bonds is 7. The molecule has 102 valence electrons. The van der Waals surface area contributed by atoms with Crippen molar-refractivity contribution in [2.45, 2.75) is 46.4 Å². The molecule has 1 atom stereocenters. The summed E-state index contributed by atoms with van der Waals surface area (Å²) in [5.41, 5.74) is 9.98. The van der Waals surface area contributed by atoms with Crippen molar-refractivity contribution in [3.05, 3.63) is 34.9 Å². The number of ether oxygens (including phenoxy) is 2. The Labute approximate surface area is 110 Å². The zero-order chi connectivity index (χ0) is 13.5. The van der Waals surface area contributed by atoms with E-state index in [0.29, 0.717) is 13.2 Å². The van der Waals surface area contributed by atoms with Crippen LogP contribution < -0.4 is 5.73 Å². The van der Waals surface area contributed by atoms with Gasteiger partial charge in [-0.15, -0.1) is 0 Å². The van der Waals surface area contributed by atoms with Gasteiger partial charge in [-0.2, -0.15) is 0 Å². The molecule has 3 heteroatoms. The zero-order valence-corrected chi connectivity index (χ0v) is 11.9. The first-order chi connectivity index (χ1) is 8.58. The second-order valence-electron chi connectivity index (χ2n) is 4.58. The molecule has 0 aliphatic heterocycles. The Morgan fingerprint density at radius 3 is 2.28 bits per heavy atom. The third-order valence-electron chi connectivity index (χ3n) is 2.97. The summed E-state index contributed by atoms with van der Waals surface area (Å²) in [5, 5.41) is 0. The SMILES string of the molecule is CCOC(OCC)C(N)Cc1cc(C)ccc1C. The van der Waals surface area contributed by atoms with Gasteiger partial charge < -0.3 is 15.2 Å². The van der Waals surface area contributed by atoms with Gasteiger partial charge in [0.05, 0.1) is 6.04 Å². The molecule has 0 spiro atoms. The van der Waals surface area contributed by atoms with Crippen LogP contribution in [-0.2, 0) is 15.9 Å². The Bertz CT molecular complexity index is 360. The van der Waals surface area contributed by atoms with E-state index >= 15 is 0 Å². The molecule has 0 fully saturated rings. The molecule has 0 radical (unpaired) electrons. The van der Waals surface area contributed by atoms with E-state index in [-0.39, 0.29) is 12.3 Å². The maximum atomic E-state index is 6.19. The van der Waals surface area contributed by atoms with Crippen LogP contribution >= 0.6 is 0 Å². The van der Waals surface area contributed by atoms with Gasteiger partial charge >= 0.3 is 0 Å². The summed E-state index contributed by atoms with van der Waals surface area (Å²) in [5.74, 6) is 0. The van der Waals surface area contributed by atoms with Gasteiger partial charge in [-0.25, -0.2) is 0 Å². The third kappa shape index (κ3) is 4.41. The van der Waals surface area contributed by atoms with Crippen LogP contribution in [0.15, 0.2) is 18.2 Å². The monoisotopic (exact) mass is 251 g/mol. The lowest BCUT2D eigenvalue weighted by Gasteiger charge is -2.24. The van der Waals surface area contributed by atoms with Crippen molar-refractivity contribution < 1.29 is 9.47 Å². The van der Waals surface area contributed by atoms with Crippen molar-refractivity contribution in [3.8, 4) is 0 Å². The second-order valence-corrected chi connectivity index (χ2v) is 4.58. The Hall–Kier alpha value is -0.900. The third-order valence-corrected chi connectivity index (χ3v) is 2.97. The highest BCUT2D eigenvalue weighted by molar-refractivity contribution is 5.31. The fourth-order valence-electron chi connectivity index (χ4n) is 1.99. The van der Waals surface area contributed by atoms with Gasteiger partial charge in [0.15, 0.2) is 6.29 Å². The highest BCUT2D eigenvalue weighted by Gasteiger charge is 2.19. The number of hydrogen-bond acceptors (Lipinski definition) is 3. The molecule has 1 rings (SSSR count). The summed E-state index contributed by atoms with van der Waals surface area (Å²) in [7, 11) is 0. The second kappa shape index (κ2) is 7.52. The van der Waals surface area contributed by atoms with Crippen molar-refractivity contribution in [1.29, 1.82) is 0 Å². The topological polar surface area (TPSA) is 44.5 Å². The van der Waals surface area contributed by atoms with E-state index in [0.717, 1.165) is 6.42 Å². The molecule has 1 aromatic carbocycles. The predicted molar refractivity (Wildman–Crippen MR) is 74.6 cm³/mol. The van der Waals surface area contributed by atoms with Gasteiger partial charge in [-0.1, -0.05) is 23.8 Å². The maximum absolute atomic E-state index is 6.19. The zero-order valence-electron chi connectivity index (χ0n) is 11.9. The van der Waals surface area contributed by atoms with Gasteiger partial charge in [-0.05, 0) is 45.2 Å². The quantitative estimate of drug-likeness (QED) is 0.757. The average molecular weight is 251 g/mol. The molecule has 0 saturated heterocycles. The molecule has 18 heavy (non-hydrogen) atoms. The van der Waals surface area contributed by atoms with E-state index in [9.17, 15) is 0 Å². The van der Waals surface area contributed by atoms with Crippen LogP contribution in [0.2, 0.25) is 0 Å². The van der Waals surface area contributed by atoms with Crippen LogP contribution in [0, 0.1) is 13.8 Å². The van der Waals surface area contributed by atoms with Gasteiger partial charge in [0.2, 0.25) is 0 Å². The van der Waals surface area contributed by atoms with E-state index in [4.69, 9.17) is 15.2 Å². The molecular formula is C15H25NO2. The smallest absolute Gasteiger partial charge is 0.172 e. The van der Waals surface area contributed by atoms with Crippen molar-refractivity contribution in [2.75, 3.05) is 13.2 Å². The van der Waals surface area contributed by atoms with Gasteiger partial charge in [0.1, 0.15) is 0 Å². The van der Waals surface area contributed by atoms with Crippen LogP contribution in [0.1, 0.15) is 30.5 Å². The molecule has 0 saturated carbocycles. The first-order valence-corrected chi connectivity index (χ1v) is 6.63. The highest BCUT2D eigenvalue weighted by Crippen LogP contribution is 2.14. The minimum Gasteiger partial charge on any atom is -0.351 e. The summed E-state index contributed by atoms with van der Waals surface area (Å²) < 4.78 is 11.1. The van der Waals surface area contributed by atoms with Crippen LogP contribution in [0.3, 0.4) is 0 Å². The molecule has 0 heterocycles. The van der Waals surface area contributed by atoms with E-state index < -0.39 is 0 Å². The van der Waals surface area contributed by atoms with Crippen LogP contribution in [0.25, 0.3) is 0 Å². The predicted octanol–water partition coefficient (Wildman–Crippen LogP) is 2.57. The molecule has 0 bridgehead atoms. The summed E-state index contributed by atoms with van der Waals surface area (Å²) in [6, 6.07) is 6.30. The molecule has 3 nitrogen and oxygen atoms in total. The van der Waals surface area contributed by atoms with Crippen LogP contribution in [0.4, 0.5) is 0 Å². The Morgan fingerprint density at radius 1 is 1.11 bits per heavy atom. The number of hydrogen-bond donors (Lipinski definition) is 1. The van der Waals surface area contributed by atoms with E-state index in [1.54, 1.807) is 0 Å². The standard InChI is InChI=1S/C15H25NO2/c1-5-17-15(18-6-2)14(16)10-13-9-11(3)7-8-12(13)4/h7-9,14-15H,5-6,10,16H2,1-4H3. The fraction of sp³-hybridized carbons (Fsp3) is 0.600. The minimum absolute atomic E-state index is 0.134. The van der Waals surface area contributed by atoms with Gasteiger partial charge in [0.25, 0.3) is 0 Å². The van der Waals surface area contributed by atoms with E-state index in [2.05, 4.69) is 32.0 Å². The number of aryl methyl sites for hydroxylation is 2. The molecular weight excluding hydrogens is 226 g/mol. The van der Waals surface area contributed by atoms with E-state index in [1.165, 1.54) is 16.7 Å². The normalized spacial score (nSPS) is 13.0. The van der Waals surface area contributed by atoms with Crippen LogP contribution in [0.5, 0.6) is 0 Å². The minimum atomic E-state index is -0.320. The van der Waals surface area contributed by atoms with Crippen LogP contribution in [-0.4, -0.2) is 25.5 Å².